The number of hydrogen-bond acceptors (Lipinski definition) is 0. The van der Waals surface area contributed by atoms with E-state index in [0.717, 1.165) is 10.9 Å². The van der Waals surface area contributed by atoms with Crippen molar-refractivity contribution in [3.05, 3.63) is 34.3 Å². The van der Waals surface area contributed by atoms with E-state index in [4.69, 9.17) is 11.6 Å². The second-order valence-electron chi connectivity index (χ2n) is 3.72. The van der Waals surface area contributed by atoms with Crippen molar-refractivity contribution in [2.45, 2.75) is 26.2 Å². The van der Waals surface area contributed by atoms with Gasteiger partial charge in [-0.2, -0.15) is 0 Å². The minimum absolute atomic E-state index is 0.872. The third kappa shape index (κ3) is 1.81. The van der Waals surface area contributed by atoms with Crippen LogP contribution in [0.15, 0.2) is 18.2 Å². The molecule has 12 heavy (non-hydrogen) atoms. The van der Waals surface area contributed by atoms with E-state index in [1.807, 2.05) is 6.07 Å². The summed E-state index contributed by atoms with van der Waals surface area (Å²) >= 11 is 5.92. The first-order valence-electron chi connectivity index (χ1n) is 4.51. The van der Waals surface area contributed by atoms with Gasteiger partial charge in [-0.3, -0.25) is 0 Å². The minimum atomic E-state index is 0.872. The Morgan fingerprint density at radius 2 is 2.17 bits per heavy atom. The number of benzene rings is 1. The molecule has 0 bridgehead atoms. The maximum absolute atomic E-state index is 5.92. The van der Waals surface area contributed by atoms with Crippen LogP contribution < -0.4 is 0 Å². The first kappa shape index (κ1) is 8.12. The van der Waals surface area contributed by atoms with Gasteiger partial charge in [-0.25, -0.2) is 0 Å². The summed E-state index contributed by atoms with van der Waals surface area (Å²) < 4.78 is 0. The quantitative estimate of drug-likeness (QED) is 0.653. The Balaban J connectivity index is 2.21. The first-order valence-corrected chi connectivity index (χ1v) is 4.88. The van der Waals surface area contributed by atoms with Gasteiger partial charge in [-0.15, -0.1) is 0 Å². The zero-order chi connectivity index (χ0) is 8.55. The van der Waals surface area contributed by atoms with Crippen LogP contribution in [0.5, 0.6) is 0 Å². The van der Waals surface area contributed by atoms with E-state index >= 15 is 0 Å². The van der Waals surface area contributed by atoms with Gasteiger partial charge in [0.15, 0.2) is 0 Å². The predicted octanol–water partition coefficient (Wildman–Crippen LogP) is 3.60. The number of halogens is 1. The maximum Gasteiger partial charge on any atom is 0.0408 e. The summed E-state index contributed by atoms with van der Waals surface area (Å²) in [4.78, 5) is 0. The lowest BCUT2D eigenvalue weighted by Crippen LogP contribution is -1.90. The molecule has 1 aliphatic rings. The molecular weight excluding hydrogens is 168 g/mol. The van der Waals surface area contributed by atoms with Crippen molar-refractivity contribution in [3.8, 4) is 0 Å². The summed E-state index contributed by atoms with van der Waals surface area (Å²) in [6, 6.07) is 6.18. The molecule has 1 saturated carbocycles. The summed E-state index contributed by atoms with van der Waals surface area (Å²) in [7, 11) is 0. The molecule has 0 saturated heterocycles. The highest BCUT2D eigenvalue weighted by molar-refractivity contribution is 6.30. The third-order valence-electron chi connectivity index (χ3n) is 2.52. The topological polar surface area (TPSA) is 0 Å². The van der Waals surface area contributed by atoms with Gasteiger partial charge in [-0.1, -0.05) is 17.7 Å². The molecule has 1 aromatic carbocycles. The van der Waals surface area contributed by atoms with Crippen molar-refractivity contribution in [1.29, 1.82) is 0 Å². The molecule has 0 heterocycles. The van der Waals surface area contributed by atoms with E-state index in [0.29, 0.717) is 0 Å². The Morgan fingerprint density at radius 3 is 2.83 bits per heavy atom. The SMILES string of the molecule is Cc1ccc(Cl)cc1CC1CC1. The molecule has 0 aliphatic heterocycles. The zero-order valence-corrected chi connectivity index (χ0v) is 8.06. The van der Waals surface area contributed by atoms with Crippen molar-refractivity contribution < 1.29 is 0 Å². The zero-order valence-electron chi connectivity index (χ0n) is 7.31. The Hall–Kier alpha value is -0.490. The molecule has 0 N–H and O–H groups in total. The lowest BCUT2D eigenvalue weighted by atomic mass is 10.0. The molecular formula is C11H13Cl. The van der Waals surface area contributed by atoms with E-state index in [2.05, 4.69) is 19.1 Å². The highest BCUT2D eigenvalue weighted by Crippen LogP contribution is 2.33. The van der Waals surface area contributed by atoms with Crippen molar-refractivity contribution in [2.24, 2.45) is 5.92 Å². The monoisotopic (exact) mass is 180 g/mol. The number of rotatable bonds is 2. The predicted molar refractivity (Wildman–Crippen MR) is 52.6 cm³/mol. The average molecular weight is 181 g/mol. The highest BCUT2D eigenvalue weighted by Gasteiger charge is 2.21. The first-order chi connectivity index (χ1) is 5.75. The van der Waals surface area contributed by atoms with Crippen molar-refractivity contribution in [3.63, 3.8) is 0 Å². The van der Waals surface area contributed by atoms with E-state index in [1.54, 1.807) is 0 Å². The van der Waals surface area contributed by atoms with Gasteiger partial charge in [0.25, 0.3) is 0 Å². The normalized spacial score (nSPS) is 16.5. The molecule has 1 aliphatic carbocycles. The molecule has 0 amide bonds. The van der Waals surface area contributed by atoms with Gasteiger partial charge in [-0.05, 0) is 55.4 Å². The van der Waals surface area contributed by atoms with E-state index in [-0.39, 0.29) is 0 Å². The molecule has 0 spiro atoms. The minimum Gasteiger partial charge on any atom is -0.0843 e. The highest BCUT2D eigenvalue weighted by atomic mass is 35.5. The molecule has 0 atom stereocenters. The smallest absolute Gasteiger partial charge is 0.0408 e. The Kier molecular flexibility index (Phi) is 2.10. The van der Waals surface area contributed by atoms with E-state index in [9.17, 15) is 0 Å². The molecule has 0 radical (unpaired) electrons. The molecule has 2 rings (SSSR count). The second-order valence-corrected chi connectivity index (χ2v) is 4.15. The van der Waals surface area contributed by atoms with Gasteiger partial charge in [0, 0.05) is 5.02 Å². The van der Waals surface area contributed by atoms with Crippen LogP contribution in [0.4, 0.5) is 0 Å². The molecule has 0 unspecified atom stereocenters. The number of aryl methyl sites for hydroxylation is 1. The number of hydrogen-bond donors (Lipinski definition) is 0. The van der Waals surface area contributed by atoms with Gasteiger partial charge in [0.05, 0.1) is 0 Å². The van der Waals surface area contributed by atoms with Crippen LogP contribution >= 0.6 is 11.6 Å². The van der Waals surface area contributed by atoms with Crippen LogP contribution in [0.3, 0.4) is 0 Å². The van der Waals surface area contributed by atoms with Crippen molar-refractivity contribution >= 4 is 11.6 Å². The van der Waals surface area contributed by atoms with Gasteiger partial charge in [0.1, 0.15) is 0 Å². The lowest BCUT2D eigenvalue weighted by Gasteiger charge is -2.04. The van der Waals surface area contributed by atoms with Gasteiger partial charge in [0.2, 0.25) is 0 Å². The molecule has 0 aromatic heterocycles. The molecule has 1 heteroatoms. The fourth-order valence-corrected chi connectivity index (χ4v) is 1.69. The fraction of sp³-hybridized carbons (Fsp3) is 0.455. The molecule has 0 nitrogen and oxygen atoms in total. The maximum atomic E-state index is 5.92. The summed E-state index contributed by atoms with van der Waals surface area (Å²) in [5.74, 6) is 0.946. The van der Waals surface area contributed by atoms with Crippen LogP contribution in [-0.4, -0.2) is 0 Å². The summed E-state index contributed by atoms with van der Waals surface area (Å²) in [5, 5.41) is 0.872. The average Bonchev–Trinajstić information content (AvgIpc) is 2.81. The van der Waals surface area contributed by atoms with Crippen molar-refractivity contribution in [2.75, 3.05) is 0 Å². The summed E-state index contributed by atoms with van der Waals surface area (Å²) in [5.41, 5.74) is 2.82. The van der Waals surface area contributed by atoms with E-state index in [1.165, 1.54) is 30.4 Å². The largest absolute Gasteiger partial charge is 0.0843 e. The van der Waals surface area contributed by atoms with Crippen LogP contribution in [0.1, 0.15) is 24.0 Å². The standard InChI is InChI=1S/C11H13Cl/c1-8-2-5-11(12)7-10(8)6-9-3-4-9/h2,5,7,9H,3-4,6H2,1H3. The lowest BCUT2D eigenvalue weighted by molar-refractivity contribution is 0.826. The van der Waals surface area contributed by atoms with Crippen molar-refractivity contribution in [1.82, 2.24) is 0 Å². The fourth-order valence-electron chi connectivity index (χ4n) is 1.49. The van der Waals surface area contributed by atoms with Crippen LogP contribution in [0, 0.1) is 12.8 Å². The summed E-state index contributed by atoms with van der Waals surface area (Å²) in [6.07, 6.45) is 4.05. The van der Waals surface area contributed by atoms with Gasteiger partial charge >= 0.3 is 0 Å². The Bertz CT molecular complexity index is 287. The van der Waals surface area contributed by atoms with Gasteiger partial charge < -0.3 is 0 Å². The second kappa shape index (κ2) is 3.10. The Morgan fingerprint density at radius 1 is 1.42 bits per heavy atom. The molecule has 1 fully saturated rings. The van der Waals surface area contributed by atoms with E-state index < -0.39 is 0 Å². The Labute approximate surface area is 78.6 Å². The molecule has 64 valence electrons. The summed E-state index contributed by atoms with van der Waals surface area (Å²) in [6.45, 7) is 2.16. The third-order valence-corrected chi connectivity index (χ3v) is 2.75. The van der Waals surface area contributed by atoms with Crippen LogP contribution in [-0.2, 0) is 6.42 Å². The van der Waals surface area contributed by atoms with Crippen LogP contribution in [0.25, 0.3) is 0 Å². The van der Waals surface area contributed by atoms with Crippen LogP contribution in [0.2, 0.25) is 5.02 Å². The molecule has 1 aromatic rings.